The molecule has 0 unspecified atom stereocenters. The van der Waals surface area contributed by atoms with E-state index in [2.05, 4.69) is 20.2 Å². The topological polar surface area (TPSA) is 109 Å². The third-order valence-corrected chi connectivity index (χ3v) is 4.82. The van der Waals surface area contributed by atoms with Crippen LogP contribution >= 0.6 is 11.8 Å². The minimum Gasteiger partial charge on any atom is -0.497 e. The largest absolute Gasteiger partial charge is 0.497 e. The van der Waals surface area contributed by atoms with Gasteiger partial charge in [-0.25, -0.2) is 9.97 Å². The summed E-state index contributed by atoms with van der Waals surface area (Å²) < 4.78 is 7.20. The van der Waals surface area contributed by atoms with Gasteiger partial charge in [-0.1, -0.05) is 30.3 Å². The highest BCUT2D eigenvalue weighted by atomic mass is 32.2. The number of ether oxygens (including phenoxy) is 1. The third-order valence-electron chi connectivity index (χ3n) is 3.98. The van der Waals surface area contributed by atoms with Gasteiger partial charge in [-0.3, -0.25) is 14.7 Å². The van der Waals surface area contributed by atoms with E-state index in [-0.39, 0.29) is 5.69 Å². The summed E-state index contributed by atoms with van der Waals surface area (Å²) in [6, 6.07) is 17.2. The molecule has 4 rings (SSSR count). The Labute approximate surface area is 169 Å². The number of nitrogens with zero attached hydrogens (tertiary/aromatic N) is 6. The van der Waals surface area contributed by atoms with E-state index in [9.17, 15) is 10.1 Å². The van der Waals surface area contributed by atoms with Gasteiger partial charge in [0.25, 0.3) is 0 Å². The molecule has 0 saturated carbocycles. The second kappa shape index (κ2) is 8.07. The highest BCUT2D eigenvalue weighted by molar-refractivity contribution is 7.99. The molecule has 9 nitrogen and oxygen atoms in total. The number of hydrogen-bond acceptors (Lipinski definition) is 8. The maximum Gasteiger partial charge on any atom is 0.305 e. The van der Waals surface area contributed by atoms with Crippen LogP contribution < -0.4 is 4.74 Å². The maximum absolute atomic E-state index is 10.8. The third kappa shape index (κ3) is 3.92. The first-order valence-electron chi connectivity index (χ1n) is 8.45. The van der Waals surface area contributed by atoms with E-state index in [0.717, 1.165) is 11.3 Å². The lowest BCUT2D eigenvalue weighted by molar-refractivity contribution is -0.385. The first-order valence-corrected chi connectivity index (χ1v) is 9.27. The van der Waals surface area contributed by atoms with Gasteiger partial charge in [0.05, 0.1) is 12.0 Å². The van der Waals surface area contributed by atoms with Crippen LogP contribution in [-0.4, -0.2) is 36.8 Å². The lowest BCUT2D eigenvalue weighted by Gasteiger charge is -2.10. The van der Waals surface area contributed by atoms with Gasteiger partial charge in [-0.05, 0) is 36.0 Å². The molecule has 2 aromatic heterocycles. The number of benzene rings is 2. The first-order chi connectivity index (χ1) is 14.2. The van der Waals surface area contributed by atoms with Crippen molar-refractivity contribution >= 4 is 17.4 Å². The van der Waals surface area contributed by atoms with Crippen LogP contribution in [0.2, 0.25) is 0 Å². The Balaban J connectivity index is 1.78. The van der Waals surface area contributed by atoms with Gasteiger partial charge in [0.2, 0.25) is 5.16 Å². The first kappa shape index (κ1) is 18.6. The van der Waals surface area contributed by atoms with E-state index in [1.54, 1.807) is 7.11 Å². The van der Waals surface area contributed by atoms with Crippen LogP contribution in [-0.2, 0) is 0 Å². The Kier molecular flexibility index (Phi) is 5.16. The second-order valence-electron chi connectivity index (χ2n) is 5.79. The highest BCUT2D eigenvalue weighted by Crippen LogP contribution is 2.32. The number of rotatable bonds is 6. The molecule has 0 saturated heterocycles. The van der Waals surface area contributed by atoms with Gasteiger partial charge < -0.3 is 4.74 Å². The number of nitro groups is 1. The Bertz CT molecular complexity index is 1150. The molecule has 10 heteroatoms. The zero-order valence-electron chi connectivity index (χ0n) is 15.2. The van der Waals surface area contributed by atoms with Crippen LogP contribution in [0.5, 0.6) is 5.75 Å². The molecule has 0 aliphatic carbocycles. The second-order valence-corrected chi connectivity index (χ2v) is 6.73. The Morgan fingerprint density at radius 1 is 1.03 bits per heavy atom. The van der Waals surface area contributed by atoms with Crippen LogP contribution in [0.4, 0.5) is 5.69 Å². The zero-order valence-corrected chi connectivity index (χ0v) is 16.0. The molecule has 0 aliphatic heterocycles. The molecule has 2 heterocycles. The Morgan fingerprint density at radius 3 is 2.48 bits per heavy atom. The molecule has 0 atom stereocenters. The fraction of sp³-hybridized carbons (Fsp3) is 0.0526. The smallest absolute Gasteiger partial charge is 0.305 e. The summed E-state index contributed by atoms with van der Waals surface area (Å²) in [7, 11) is 1.61. The van der Waals surface area contributed by atoms with E-state index < -0.39 is 4.92 Å². The normalized spacial score (nSPS) is 10.7. The van der Waals surface area contributed by atoms with Crippen LogP contribution in [0.15, 0.2) is 77.3 Å². The Morgan fingerprint density at radius 2 is 1.79 bits per heavy atom. The van der Waals surface area contributed by atoms with E-state index in [1.807, 2.05) is 59.2 Å². The van der Waals surface area contributed by atoms with Crippen molar-refractivity contribution in [2.75, 3.05) is 7.11 Å². The fourth-order valence-electron chi connectivity index (χ4n) is 2.63. The standard InChI is InChI=1S/C19H14N6O3S/c1-28-16-9-5-6-13(10-16)17-22-23-19(24(17)14-7-3-2-4-8-14)29-18-20-11-15(12-21-18)25(26)27/h2-12H,1H3. The number of para-hydroxylation sites is 1. The average Bonchev–Trinajstić information content (AvgIpc) is 3.18. The monoisotopic (exact) mass is 406 g/mol. The lowest BCUT2D eigenvalue weighted by Crippen LogP contribution is -2.00. The highest BCUT2D eigenvalue weighted by Gasteiger charge is 2.18. The quantitative estimate of drug-likeness (QED) is 0.270. The summed E-state index contributed by atoms with van der Waals surface area (Å²) in [5, 5.41) is 20.3. The van der Waals surface area contributed by atoms with E-state index >= 15 is 0 Å². The molecular weight excluding hydrogens is 392 g/mol. The summed E-state index contributed by atoms with van der Waals surface area (Å²) in [6.45, 7) is 0. The minimum absolute atomic E-state index is 0.170. The van der Waals surface area contributed by atoms with Gasteiger partial charge in [0.1, 0.15) is 18.1 Å². The molecule has 4 aromatic rings. The van der Waals surface area contributed by atoms with E-state index in [4.69, 9.17) is 4.74 Å². The molecule has 0 fully saturated rings. The van der Waals surface area contributed by atoms with Crippen molar-refractivity contribution < 1.29 is 9.66 Å². The van der Waals surface area contributed by atoms with Crippen LogP contribution in [0.25, 0.3) is 17.1 Å². The maximum atomic E-state index is 10.8. The van der Waals surface area contributed by atoms with Crippen molar-refractivity contribution in [3.63, 3.8) is 0 Å². The minimum atomic E-state index is -0.540. The van der Waals surface area contributed by atoms with Crippen LogP contribution in [0.1, 0.15) is 0 Å². The molecule has 29 heavy (non-hydrogen) atoms. The predicted octanol–water partition coefficient (Wildman–Crippen LogP) is 3.79. The van der Waals surface area contributed by atoms with Gasteiger partial charge >= 0.3 is 5.69 Å². The van der Waals surface area contributed by atoms with Gasteiger partial charge in [0, 0.05) is 11.3 Å². The molecule has 0 spiro atoms. The zero-order chi connectivity index (χ0) is 20.2. The fourth-order valence-corrected chi connectivity index (χ4v) is 3.37. The predicted molar refractivity (Wildman–Crippen MR) is 106 cm³/mol. The van der Waals surface area contributed by atoms with E-state index in [1.165, 1.54) is 24.2 Å². The van der Waals surface area contributed by atoms with Crippen molar-refractivity contribution in [3.8, 4) is 22.8 Å². The molecule has 0 N–H and O–H groups in total. The molecule has 0 amide bonds. The van der Waals surface area contributed by atoms with Crippen LogP contribution in [0, 0.1) is 10.1 Å². The summed E-state index contributed by atoms with van der Waals surface area (Å²) in [5.41, 5.74) is 1.52. The molecule has 0 radical (unpaired) electrons. The Hall–Kier alpha value is -3.79. The van der Waals surface area contributed by atoms with Gasteiger partial charge in [0.15, 0.2) is 11.0 Å². The number of aromatic nitrogens is 5. The summed E-state index contributed by atoms with van der Waals surface area (Å²) in [6.07, 6.45) is 2.34. The molecule has 144 valence electrons. The van der Waals surface area contributed by atoms with Crippen molar-refractivity contribution in [2.24, 2.45) is 0 Å². The molecular formula is C19H14N6O3S. The number of methoxy groups -OCH3 is 1. The van der Waals surface area contributed by atoms with Gasteiger partial charge in [-0.2, -0.15) is 0 Å². The van der Waals surface area contributed by atoms with E-state index in [0.29, 0.717) is 21.9 Å². The van der Waals surface area contributed by atoms with Gasteiger partial charge in [-0.15, -0.1) is 10.2 Å². The van der Waals surface area contributed by atoms with Crippen molar-refractivity contribution in [2.45, 2.75) is 10.3 Å². The average molecular weight is 406 g/mol. The molecule has 0 aliphatic rings. The SMILES string of the molecule is COc1cccc(-c2nnc(Sc3ncc([N+](=O)[O-])cn3)n2-c2ccccc2)c1. The van der Waals surface area contributed by atoms with Crippen molar-refractivity contribution in [3.05, 3.63) is 77.1 Å². The van der Waals surface area contributed by atoms with Crippen molar-refractivity contribution in [1.82, 2.24) is 24.7 Å². The summed E-state index contributed by atoms with van der Waals surface area (Å²) >= 11 is 1.17. The lowest BCUT2D eigenvalue weighted by atomic mass is 10.2. The van der Waals surface area contributed by atoms with Crippen LogP contribution in [0.3, 0.4) is 0 Å². The summed E-state index contributed by atoms with van der Waals surface area (Å²) in [4.78, 5) is 18.4. The number of hydrogen-bond donors (Lipinski definition) is 0. The molecule has 2 aromatic carbocycles. The summed E-state index contributed by atoms with van der Waals surface area (Å²) in [5.74, 6) is 1.33. The molecule has 0 bridgehead atoms. The van der Waals surface area contributed by atoms with Crippen molar-refractivity contribution in [1.29, 1.82) is 0 Å².